The topological polar surface area (TPSA) is 110 Å². The second-order valence-corrected chi connectivity index (χ2v) is 3.16. The molecule has 18 heavy (non-hydrogen) atoms. The third-order valence-electron chi connectivity index (χ3n) is 1.98. The Morgan fingerprint density at radius 2 is 2.06 bits per heavy atom. The first-order valence-corrected chi connectivity index (χ1v) is 4.95. The first-order valence-electron chi connectivity index (χ1n) is 4.95. The van der Waals surface area contributed by atoms with Gasteiger partial charge < -0.3 is 9.73 Å². The number of hydrogen-bond acceptors (Lipinski definition) is 6. The van der Waals surface area contributed by atoms with E-state index >= 15 is 0 Å². The van der Waals surface area contributed by atoms with Crippen LogP contribution in [-0.4, -0.2) is 33.8 Å². The molecule has 2 aromatic heterocycles. The predicted molar refractivity (Wildman–Crippen MR) is 59.9 cm³/mol. The van der Waals surface area contributed by atoms with Crippen LogP contribution in [0.2, 0.25) is 0 Å². The average Bonchev–Trinajstić information content (AvgIpc) is 2.87. The van der Waals surface area contributed by atoms with E-state index in [0.717, 1.165) is 6.26 Å². The van der Waals surface area contributed by atoms with Gasteiger partial charge in [-0.1, -0.05) is 0 Å². The molecule has 0 unspecified atom stereocenters. The third kappa shape index (κ3) is 2.48. The van der Waals surface area contributed by atoms with E-state index in [2.05, 4.69) is 25.6 Å². The first kappa shape index (κ1) is 11.7. The van der Waals surface area contributed by atoms with Gasteiger partial charge in [-0.05, 0) is 0 Å². The summed E-state index contributed by atoms with van der Waals surface area (Å²) in [5.74, 6) is -0.924. The number of nitrogens with one attached hydrogen (secondary N) is 2. The number of rotatable bonds is 3. The van der Waals surface area contributed by atoms with Crippen molar-refractivity contribution < 1.29 is 14.0 Å². The van der Waals surface area contributed by atoms with Crippen molar-refractivity contribution in [2.45, 2.75) is 0 Å². The maximum Gasteiger partial charge on any atom is 0.302 e. The maximum atomic E-state index is 11.6. The minimum absolute atomic E-state index is 0.0759. The van der Waals surface area contributed by atoms with Crippen LogP contribution in [0.1, 0.15) is 21.0 Å². The molecule has 8 nitrogen and oxygen atoms in total. The number of anilines is 1. The second-order valence-electron chi connectivity index (χ2n) is 3.16. The molecule has 0 aliphatic rings. The zero-order chi connectivity index (χ0) is 13.0. The summed E-state index contributed by atoms with van der Waals surface area (Å²) in [7, 11) is 1.47. The van der Waals surface area contributed by atoms with Crippen LogP contribution in [0.25, 0.3) is 0 Å². The molecular weight excluding hydrogens is 238 g/mol. The van der Waals surface area contributed by atoms with Gasteiger partial charge in [-0.3, -0.25) is 19.9 Å². The number of carbonyl (C=O) groups is 2. The Bertz CT molecular complexity index is 566. The summed E-state index contributed by atoms with van der Waals surface area (Å²) in [6, 6.07) is -0.0794. The van der Waals surface area contributed by atoms with Crippen LogP contribution in [0.5, 0.6) is 0 Å². The Kier molecular flexibility index (Phi) is 3.28. The minimum atomic E-state index is -0.520. The summed E-state index contributed by atoms with van der Waals surface area (Å²) in [5.41, 5.74) is 0.198. The molecule has 0 spiro atoms. The fourth-order valence-electron chi connectivity index (χ4n) is 1.14. The van der Waals surface area contributed by atoms with Crippen molar-refractivity contribution in [3.63, 3.8) is 0 Å². The Labute approximate surface area is 101 Å². The van der Waals surface area contributed by atoms with Crippen LogP contribution in [0.15, 0.2) is 29.3 Å². The molecule has 2 aromatic rings. The van der Waals surface area contributed by atoms with Gasteiger partial charge in [0.05, 0.1) is 6.20 Å². The highest BCUT2D eigenvalue weighted by Crippen LogP contribution is 2.08. The van der Waals surface area contributed by atoms with Crippen molar-refractivity contribution in [1.29, 1.82) is 0 Å². The van der Waals surface area contributed by atoms with Crippen LogP contribution in [-0.2, 0) is 0 Å². The molecule has 92 valence electrons. The second kappa shape index (κ2) is 5.04. The highest BCUT2D eigenvalue weighted by molar-refractivity contribution is 6.01. The Balaban J connectivity index is 2.08. The number of carbonyl (C=O) groups excluding carboxylic acids is 2. The minimum Gasteiger partial charge on any atom is -0.431 e. The van der Waals surface area contributed by atoms with Crippen molar-refractivity contribution in [3.8, 4) is 0 Å². The third-order valence-corrected chi connectivity index (χ3v) is 1.98. The van der Waals surface area contributed by atoms with Gasteiger partial charge in [0.1, 0.15) is 12.0 Å². The molecule has 0 atom stereocenters. The molecule has 2 amide bonds. The predicted octanol–water partition coefficient (Wildman–Crippen LogP) is 0.0765. The highest BCUT2D eigenvalue weighted by Gasteiger charge is 2.14. The summed E-state index contributed by atoms with van der Waals surface area (Å²) in [4.78, 5) is 34.2. The van der Waals surface area contributed by atoms with Gasteiger partial charge in [0.15, 0.2) is 5.69 Å². The summed E-state index contributed by atoms with van der Waals surface area (Å²) in [6.45, 7) is 0. The highest BCUT2D eigenvalue weighted by atomic mass is 16.4. The summed E-state index contributed by atoms with van der Waals surface area (Å²) < 4.78 is 4.93. The molecule has 0 aliphatic carbocycles. The van der Waals surface area contributed by atoms with E-state index < -0.39 is 11.8 Å². The molecule has 0 saturated carbocycles. The maximum absolute atomic E-state index is 11.6. The number of hydrogen-bond donors (Lipinski definition) is 2. The lowest BCUT2D eigenvalue weighted by Gasteiger charge is -1.98. The van der Waals surface area contributed by atoms with Crippen molar-refractivity contribution in [1.82, 2.24) is 20.3 Å². The molecule has 0 radical (unpaired) electrons. The standard InChI is InChI=1S/C10H9N5O3/c1-11-8(16)7-5-18-10(14-7)15-9(17)6-4-12-2-3-13-6/h2-5H,1H3,(H,11,16)(H,14,15,17). The molecule has 2 heterocycles. The fraction of sp³-hybridized carbons (Fsp3) is 0.100. The van der Waals surface area contributed by atoms with E-state index in [-0.39, 0.29) is 17.4 Å². The van der Waals surface area contributed by atoms with Crippen LogP contribution in [0.4, 0.5) is 6.01 Å². The summed E-state index contributed by atoms with van der Waals surface area (Å²) in [5, 5.41) is 4.74. The average molecular weight is 247 g/mol. The summed E-state index contributed by atoms with van der Waals surface area (Å²) in [6.07, 6.45) is 5.29. The smallest absolute Gasteiger partial charge is 0.302 e. The molecule has 0 aliphatic heterocycles. The lowest BCUT2D eigenvalue weighted by atomic mass is 10.4. The van der Waals surface area contributed by atoms with Crippen molar-refractivity contribution in [2.75, 3.05) is 12.4 Å². The quantitative estimate of drug-likeness (QED) is 0.794. The van der Waals surface area contributed by atoms with Crippen molar-refractivity contribution in [2.24, 2.45) is 0 Å². The zero-order valence-corrected chi connectivity index (χ0v) is 9.38. The van der Waals surface area contributed by atoms with E-state index in [4.69, 9.17) is 4.42 Å². The van der Waals surface area contributed by atoms with Crippen LogP contribution in [0, 0.1) is 0 Å². The Hall–Kier alpha value is -2.77. The number of nitrogens with zero attached hydrogens (tertiary/aromatic N) is 3. The van der Waals surface area contributed by atoms with Crippen LogP contribution >= 0.6 is 0 Å². The molecule has 8 heteroatoms. The lowest BCUT2D eigenvalue weighted by Crippen LogP contribution is -2.18. The number of aromatic nitrogens is 3. The fourth-order valence-corrected chi connectivity index (χ4v) is 1.14. The van der Waals surface area contributed by atoms with Gasteiger partial charge in [-0.25, -0.2) is 4.98 Å². The number of oxazole rings is 1. The van der Waals surface area contributed by atoms with Crippen LogP contribution < -0.4 is 10.6 Å². The van der Waals surface area contributed by atoms with Gasteiger partial charge in [0, 0.05) is 19.4 Å². The van der Waals surface area contributed by atoms with Gasteiger partial charge in [0.2, 0.25) is 0 Å². The Morgan fingerprint density at radius 1 is 1.22 bits per heavy atom. The van der Waals surface area contributed by atoms with Gasteiger partial charge in [-0.15, -0.1) is 0 Å². The molecule has 0 bridgehead atoms. The summed E-state index contributed by atoms with van der Waals surface area (Å²) >= 11 is 0. The van der Waals surface area contributed by atoms with E-state index in [9.17, 15) is 9.59 Å². The molecule has 0 saturated heterocycles. The molecule has 0 aromatic carbocycles. The number of amides is 2. The Morgan fingerprint density at radius 3 is 2.72 bits per heavy atom. The van der Waals surface area contributed by atoms with Crippen molar-refractivity contribution >= 4 is 17.8 Å². The largest absolute Gasteiger partial charge is 0.431 e. The van der Waals surface area contributed by atoms with Gasteiger partial charge in [-0.2, -0.15) is 4.98 Å². The molecule has 2 rings (SSSR count). The van der Waals surface area contributed by atoms with Gasteiger partial charge >= 0.3 is 6.01 Å². The lowest BCUT2D eigenvalue weighted by molar-refractivity contribution is 0.0956. The van der Waals surface area contributed by atoms with E-state index in [1.54, 1.807) is 0 Å². The zero-order valence-electron chi connectivity index (χ0n) is 9.38. The van der Waals surface area contributed by atoms with E-state index in [1.165, 1.54) is 25.6 Å². The molecular formula is C10H9N5O3. The monoisotopic (exact) mass is 247 g/mol. The van der Waals surface area contributed by atoms with Gasteiger partial charge in [0.25, 0.3) is 11.8 Å². The molecule has 0 fully saturated rings. The van der Waals surface area contributed by atoms with E-state index in [1.807, 2.05) is 0 Å². The SMILES string of the molecule is CNC(=O)c1coc(NC(=O)c2cnccn2)n1. The van der Waals surface area contributed by atoms with E-state index in [0.29, 0.717) is 0 Å². The molecule has 2 N–H and O–H groups in total. The van der Waals surface area contributed by atoms with Crippen LogP contribution in [0.3, 0.4) is 0 Å². The first-order chi connectivity index (χ1) is 8.70. The van der Waals surface area contributed by atoms with Crippen molar-refractivity contribution in [3.05, 3.63) is 36.2 Å². The normalized spacial score (nSPS) is 9.83.